The van der Waals surface area contributed by atoms with Crippen LogP contribution in [0.1, 0.15) is 32.5 Å². The molecule has 0 saturated carbocycles. The number of imidazole rings is 1. The Morgan fingerprint density at radius 1 is 0.833 bits per heavy atom. The smallest absolute Gasteiger partial charge is 0.167 e. The van der Waals surface area contributed by atoms with E-state index >= 15 is 0 Å². The lowest BCUT2D eigenvalue weighted by Crippen LogP contribution is -2.53. The number of aryl methyl sites for hydroxylation is 1. The van der Waals surface area contributed by atoms with Gasteiger partial charge in [0.15, 0.2) is 11.6 Å². The minimum atomic E-state index is -0.358. The van der Waals surface area contributed by atoms with E-state index in [0.29, 0.717) is 24.2 Å². The van der Waals surface area contributed by atoms with Gasteiger partial charge in [0.2, 0.25) is 0 Å². The van der Waals surface area contributed by atoms with Gasteiger partial charge in [-0.05, 0) is 0 Å². The summed E-state index contributed by atoms with van der Waals surface area (Å²) in [4.78, 5) is 37.4. The van der Waals surface area contributed by atoms with Crippen molar-refractivity contribution in [3.63, 3.8) is 0 Å². The molecule has 1 N–H and O–H groups in total. The zero-order valence-corrected chi connectivity index (χ0v) is 20.9. The number of ketones is 2. The predicted octanol–water partition coefficient (Wildman–Crippen LogP) is 2.72. The normalized spacial score (nSPS) is 21.9. The van der Waals surface area contributed by atoms with Gasteiger partial charge in [0, 0.05) is 101 Å². The molecule has 7 heteroatoms. The van der Waals surface area contributed by atoms with E-state index in [2.05, 4.69) is 20.1 Å². The minimum absolute atomic E-state index is 0.0846. The maximum absolute atomic E-state index is 14.0. The number of nitrogens with zero attached hydrogens (tertiary/aromatic N) is 4. The van der Waals surface area contributed by atoms with Crippen LogP contribution in [-0.2, 0) is 7.05 Å². The molecule has 0 radical (unpaired) electrons. The van der Waals surface area contributed by atoms with Crippen LogP contribution in [0.2, 0.25) is 0 Å². The van der Waals surface area contributed by atoms with Crippen molar-refractivity contribution in [1.82, 2.24) is 24.7 Å². The van der Waals surface area contributed by atoms with Crippen LogP contribution in [0.4, 0.5) is 0 Å². The first-order chi connectivity index (χ1) is 17.6. The zero-order chi connectivity index (χ0) is 24.9. The Kier molecular flexibility index (Phi) is 7.70. The molecule has 2 aromatic carbocycles. The molecule has 2 atom stereocenters. The number of hydrogen-bond donors (Lipinski definition) is 1. The molecule has 2 saturated heterocycles. The Bertz CT molecular complexity index is 1100. The molecular formula is C29H35N5O2. The van der Waals surface area contributed by atoms with Crippen molar-refractivity contribution < 1.29 is 9.59 Å². The summed E-state index contributed by atoms with van der Waals surface area (Å²) in [5.41, 5.74) is 1.38. The summed E-state index contributed by atoms with van der Waals surface area (Å²) in [6, 6.07) is 19.0. The van der Waals surface area contributed by atoms with Gasteiger partial charge in [0.1, 0.15) is 5.82 Å². The SMILES string of the molecule is Cn1ccnc1C1[C@@H](C(=O)c2ccccc2)CN(CCN2CCNCC2)C[C@@H]1C(=O)c1ccccc1. The van der Waals surface area contributed by atoms with E-state index in [1.54, 1.807) is 6.20 Å². The van der Waals surface area contributed by atoms with Crippen molar-refractivity contribution in [3.05, 3.63) is 90.0 Å². The second kappa shape index (κ2) is 11.3. The van der Waals surface area contributed by atoms with Crippen LogP contribution >= 0.6 is 0 Å². The standard InChI is InChI=1S/C29H35N5O2/c1-32-15-14-31-29(32)26-24(27(35)22-8-4-2-5-9-22)20-34(19-18-33-16-12-30-13-17-33)21-25(26)28(36)23-10-6-3-7-11-23/h2-11,14-15,24-26,30H,12-13,16-21H2,1H3/t24-,25-/m0/s1. The van der Waals surface area contributed by atoms with E-state index in [-0.39, 0.29) is 29.3 Å². The Morgan fingerprint density at radius 3 is 1.86 bits per heavy atom. The summed E-state index contributed by atoms with van der Waals surface area (Å²) < 4.78 is 1.97. The van der Waals surface area contributed by atoms with E-state index < -0.39 is 0 Å². The van der Waals surface area contributed by atoms with Crippen LogP contribution in [0.3, 0.4) is 0 Å². The molecule has 2 aliphatic rings. The lowest BCUT2D eigenvalue weighted by molar-refractivity contribution is 0.0527. The maximum atomic E-state index is 14.0. The molecule has 0 spiro atoms. The van der Waals surface area contributed by atoms with Gasteiger partial charge in [0.25, 0.3) is 0 Å². The number of hydrogen-bond acceptors (Lipinski definition) is 6. The maximum Gasteiger partial charge on any atom is 0.167 e. The molecule has 0 bridgehead atoms. The Labute approximate surface area is 213 Å². The van der Waals surface area contributed by atoms with Crippen molar-refractivity contribution in [3.8, 4) is 0 Å². The summed E-state index contributed by atoms with van der Waals surface area (Å²) >= 11 is 0. The largest absolute Gasteiger partial charge is 0.338 e. The van der Waals surface area contributed by atoms with Crippen molar-refractivity contribution in [2.75, 3.05) is 52.4 Å². The van der Waals surface area contributed by atoms with Crippen LogP contribution in [0.5, 0.6) is 0 Å². The Hall–Kier alpha value is -3.13. The van der Waals surface area contributed by atoms with Crippen molar-refractivity contribution >= 4 is 11.6 Å². The molecule has 36 heavy (non-hydrogen) atoms. The van der Waals surface area contributed by atoms with Gasteiger partial charge in [-0.25, -0.2) is 4.98 Å². The number of piperazine rings is 1. The highest BCUT2D eigenvalue weighted by Gasteiger charge is 2.46. The number of rotatable bonds is 8. The predicted molar refractivity (Wildman–Crippen MR) is 140 cm³/mol. The van der Waals surface area contributed by atoms with Crippen LogP contribution in [0, 0.1) is 11.8 Å². The average Bonchev–Trinajstić information content (AvgIpc) is 3.37. The fourth-order valence-corrected chi connectivity index (χ4v) is 5.72. The molecular weight excluding hydrogens is 450 g/mol. The van der Waals surface area contributed by atoms with E-state index in [1.807, 2.05) is 78.5 Å². The first-order valence-corrected chi connectivity index (χ1v) is 12.9. The Morgan fingerprint density at radius 2 is 1.36 bits per heavy atom. The first-order valence-electron chi connectivity index (χ1n) is 12.9. The van der Waals surface area contributed by atoms with Crippen molar-refractivity contribution in [2.45, 2.75) is 5.92 Å². The number of aromatic nitrogens is 2. The molecule has 188 valence electrons. The lowest BCUT2D eigenvalue weighted by Gasteiger charge is -2.43. The molecule has 5 rings (SSSR count). The van der Waals surface area contributed by atoms with Crippen LogP contribution < -0.4 is 5.32 Å². The molecule has 2 fully saturated rings. The number of nitrogens with one attached hydrogen (secondary N) is 1. The fourth-order valence-electron chi connectivity index (χ4n) is 5.72. The molecule has 7 nitrogen and oxygen atoms in total. The lowest BCUT2D eigenvalue weighted by atomic mass is 9.71. The Balaban J connectivity index is 1.50. The fraction of sp³-hybridized carbons (Fsp3) is 0.414. The molecule has 2 aliphatic heterocycles. The highest BCUT2D eigenvalue weighted by Crippen LogP contribution is 2.40. The quantitative estimate of drug-likeness (QED) is 0.495. The molecule has 0 unspecified atom stereocenters. The summed E-state index contributed by atoms with van der Waals surface area (Å²) in [5, 5.41) is 3.41. The first kappa shape index (κ1) is 24.6. The van der Waals surface area contributed by atoms with Crippen LogP contribution in [-0.4, -0.2) is 83.3 Å². The van der Waals surface area contributed by atoms with Gasteiger partial charge >= 0.3 is 0 Å². The number of Topliss-reactive ketones (excluding diaryl/α,β-unsaturated/α-hetero) is 2. The zero-order valence-electron chi connectivity index (χ0n) is 20.9. The van der Waals surface area contributed by atoms with Gasteiger partial charge in [0.05, 0.1) is 0 Å². The highest BCUT2D eigenvalue weighted by molar-refractivity contribution is 6.02. The van der Waals surface area contributed by atoms with Crippen LogP contribution in [0.25, 0.3) is 0 Å². The number of piperidine rings is 1. The molecule has 3 aromatic rings. The van der Waals surface area contributed by atoms with Crippen molar-refractivity contribution in [2.24, 2.45) is 18.9 Å². The second-order valence-electron chi connectivity index (χ2n) is 9.95. The summed E-state index contributed by atoms with van der Waals surface area (Å²) in [7, 11) is 1.95. The number of carbonyl (C=O) groups excluding carboxylic acids is 2. The third kappa shape index (κ3) is 5.33. The minimum Gasteiger partial charge on any atom is -0.338 e. The second-order valence-corrected chi connectivity index (χ2v) is 9.95. The summed E-state index contributed by atoms with van der Waals surface area (Å²) in [5.74, 6) is -0.0327. The average molecular weight is 486 g/mol. The van der Waals surface area contributed by atoms with E-state index in [9.17, 15) is 9.59 Å². The molecule has 1 aromatic heterocycles. The van der Waals surface area contributed by atoms with E-state index in [4.69, 9.17) is 0 Å². The third-order valence-corrected chi connectivity index (χ3v) is 7.67. The van der Waals surface area contributed by atoms with Gasteiger partial charge in [-0.3, -0.25) is 14.5 Å². The van der Waals surface area contributed by atoms with Gasteiger partial charge in [-0.1, -0.05) is 60.7 Å². The topological polar surface area (TPSA) is 70.5 Å². The monoisotopic (exact) mass is 485 g/mol. The van der Waals surface area contributed by atoms with Crippen molar-refractivity contribution in [1.29, 1.82) is 0 Å². The van der Waals surface area contributed by atoms with Gasteiger partial charge < -0.3 is 14.8 Å². The molecule has 3 heterocycles. The third-order valence-electron chi connectivity index (χ3n) is 7.67. The number of carbonyl (C=O) groups is 2. The summed E-state index contributed by atoms with van der Waals surface area (Å²) in [6.07, 6.45) is 3.67. The van der Waals surface area contributed by atoms with E-state index in [1.165, 1.54) is 0 Å². The summed E-state index contributed by atoms with van der Waals surface area (Å²) in [6.45, 7) is 7.09. The van der Waals surface area contributed by atoms with Gasteiger partial charge in [-0.2, -0.15) is 0 Å². The molecule has 0 aliphatic carbocycles. The number of benzene rings is 2. The van der Waals surface area contributed by atoms with E-state index in [0.717, 1.165) is 45.1 Å². The number of likely N-dealkylation sites (tertiary alicyclic amines) is 1. The van der Waals surface area contributed by atoms with Gasteiger partial charge in [-0.15, -0.1) is 0 Å². The molecule has 0 amide bonds. The highest BCUT2D eigenvalue weighted by atomic mass is 16.1. The van der Waals surface area contributed by atoms with Crippen LogP contribution in [0.15, 0.2) is 73.1 Å².